The molecule has 1 fully saturated rings. The van der Waals surface area contributed by atoms with Gasteiger partial charge in [-0.15, -0.1) is 0 Å². The van der Waals surface area contributed by atoms with Crippen molar-refractivity contribution in [3.8, 4) is 11.1 Å². The van der Waals surface area contributed by atoms with E-state index in [0.717, 1.165) is 24.0 Å². The average Bonchev–Trinajstić information content (AvgIpc) is 3.42. The molecule has 3 N–H and O–H groups in total. The maximum absolute atomic E-state index is 12.7. The van der Waals surface area contributed by atoms with Gasteiger partial charge < -0.3 is 20.5 Å². The second-order valence-electron chi connectivity index (χ2n) is 9.57. The van der Waals surface area contributed by atoms with E-state index in [0.29, 0.717) is 13.0 Å². The molecule has 7 nitrogen and oxygen atoms in total. The minimum absolute atomic E-state index is 0.00728. The Labute approximate surface area is 199 Å². The van der Waals surface area contributed by atoms with E-state index in [1.54, 1.807) is 13.8 Å². The van der Waals surface area contributed by atoms with Crippen LogP contribution < -0.4 is 10.6 Å². The van der Waals surface area contributed by atoms with Crippen molar-refractivity contribution in [2.45, 2.75) is 45.1 Å². The number of aliphatic carboxylic acids is 1. The number of carbonyl (C=O) groups excluding carboxylic acids is 2. The number of benzene rings is 2. The van der Waals surface area contributed by atoms with Crippen LogP contribution in [0.4, 0.5) is 4.79 Å². The predicted molar refractivity (Wildman–Crippen MR) is 128 cm³/mol. The van der Waals surface area contributed by atoms with Crippen molar-refractivity contribution in [3.63, 3.8) is 0 Å². The van der Waals surface area contributed by atoms with Crippen molar-refractivity contribution in [1.82, 2.24) is 10.6 Å². The van der Waals surface area contributed by atoms with Crippen molar-refractivity contribution >= 4 is 18.0 Å². The van der Waals surface area contributed by atoms with Gasteiger partial charge in [-0.05, 0) is 46.9 Å². The van der Waals surface area contributed by atoms with Gasteiger partial charge >= 0.3 is 12.1 Å². The lowest BCUT2D eigenvalue weighted by molar-refractivity contribution is -0.144. The first kappa shape index (κ1) is 23.8. The van der Waals surface area contributed by atoms with Gasteiger partial charge in [0, 0.05) is 18.4 Å². The number of alkyl carbamates (subject to hydrolysis) is 1. The van der Waals surface area contributed by atoms with E-state index in [1.165, 1.54) is 11.1 Å². The smallest absolute Gasteiger partial charge is 0.407 e. The first-order chi connectivity index (χ1) is 16.4. The number of ether oxygens (including phenoxy) is 1. The Bertz CT molecular complexity index is 1020. The van der Waals surface area contributed by atoms with E-state index in [1.807, 2.05) is 24.3 Å². The van der Waals surface area contributed by atoms with Crippen LogP contribution in [0.3, 0.4) is 0 Å². The topological polar surface area (TPSA) is 105 Å². The lowest BCUT2D eigenvalue weighted by atomic mass is 9.94. The van der Waals surface area contributed by atoms with Gasteiger partial charge in [0.2, 0.25) is 5.91 Å². The molecule has 0 bridgehead atoms. The van der Waals surface area contributed by atoms with Crippen molar-refractivity contribution < 1.29 is 24.2 Å². The molecule has 0 unspecified atom stereocenters. The lowest BCUT2D eigenvalue weighted by Crippen LogP contribution is -2.48. The van der Waals surface area contributed by atoms with Crippen LogP contribution in [-0.2, 0) is 14.3 Å². The third-order valence-corrected chi connectivity index (χ3v) is 7.08. The SMILES string of the molecule is CC(C)[C@@H](NC(=O)[C@@H]1CCC[C@@H]1CNC(=O)OCC1c2ccccc2-c2ccccc21)C(=O)O. The standard InChI is InChI=1S/C27H32N2O5/c1-16(2)24(26(31)32)29-25(30)18-13-7-8-17(18)14-28-27(33)34-15-23-21-11-5-3-9-19(21)20-10-4-6-12-22(20)23/h3-6,9-12,16-18,23-24H,7-8,13-15H2,1-2H3,(H,28,33)(H,29,30)(H,31,32)/t17-,18-,24-/m1/s1. The molecule has 2 aromatic carbocycles. The lowest BCUT2D eigenvalue weighted by Gasteiger charge is -2.24. The number of amides is 2. The minimum atomic E-state index is -1.03. The molecule has 0 heterocycles. The second kappa shape index (κ2) is 10.3. The third-order valence-electron chi connectivity index (χ3n) is 7.08. The molecule has 3 atom stereocenters. The Hall–Kier alpha value is -3.35. The molecule has 7 heteroatoms. The molecule has 180 valence electrons. The van der Waals surface area contributed by atoms with Crippen LogP contribution in [0.5, 0.6) is 0 Å². The fourth-order valence-electron chi connectivity index (χ4n) is 5.26. The molecule has 34 heavy (non-hydrogen) atoms. The van der Waals surface area contributed by atoms with Crippen LogP contribution in [0.1, 0.15) is 50.2 Å². The molecular formula is C27H32N2O5. The van der Waals surface area contributed by atoms with Gasteiger partial charge in [-0.1, -0.05) is 68.8 Å². The fourth-order valence-corrected chi connectivity index (χ4v) is 5.26. The highest BCUT2D eigenvalue weighted by Crippen LogP contribution is 2.44. The normalized spacial score (nSPS) is 19.9. The third kappa shape index (κ3) is 4.93. The monoisotopic (exact) mass is 464 g/mol. The number of hydrogen-bond donors (Lipinski definition) is 3. The second-order valence-corrected chi connectivity index (χ2v) is 9.57. The largest absolute Gasteiger partial charge is 0.480 e. The minimum Gasteiger partial charge on any atom is -0.480 e. The van der Waals surface area contributed by atoms with Gasteiger partial charge in [0.15, 0.2) is 0 Å². The van der Waals surface area contributed by atoms with Crippen LogP contribution in [0, 0.1) is 17.8 Å². The average molecular weight is 465 g/mol. The van der Waals surface area contributed by atoms with Gasteiger partial charge in [-0.3, -0.25) is 4.79 Å². The summed E-state index contributed by atoms with van der Waals surface area (Å²) in [5, 5.41) is 14.9. The first-order valence-electron chi connectivity index (χ1n) is 12.0. The summed E-state index contributed by atoms with van der Waals surface area (Å²) in [7, 11) is 0. The number of carbonyl (C=O) groups is 3. The Morgan fingerprint density at radius 3 is 2.21 bits per heavy atom. The molecule has 2 amide bonds. The summed E-state index contributed by atoms with van der Waals surface area (Å²) in [5.74, 6) is -1.85. The van der Waals surface area contributed by atoms with E-state index >= 15 is 0 Å². The van der Waals surface area contributed by atoms with Gasteiger partial charge in [0.05, 0.1) is 0 Å². The van der Waals surface area contributed by atoms with Crippen molar-refractivity contribution in [2.24, 2.45) is 17.8 Å². The molecule has 4 rings (SSSR count). The van der Waals surface area contributed by atoms with Crippen LogP contribution >= 0.6 is 0 Å². The fraction of sp³-hybridized carbons (Fsp3) is 0.444. The van der Waals surface area contributed by atoms with E-state index < -0.39 is 18.1 Å². The highest BCUT2D eigenvalue weighted by atomic mass is 16.5. The maximum atomic E-state index is 12.7. The summed E-state index contributed by atoms with van der Waals surface area (Å²) in [5.41, 5.74) is 4.66. The zero-order chi connectivity index (χ0) is 24.2. The summed E-state index contributed by atoms with van der Waals surface area (Å²) in [6.07, 6.45) is 1.86. The first-order valence-corrected chi connectivity index (χ1v) is 12.0. The molecule has 0 spiro atoms. The Balaban J connectivity index is 1.31. The number of nitrogens with one attached hydrogen (secondary N) is 2. The molecule has 0 radical (unpaired) electrons. The number of rotatable bonds is 8. The van der Waals surface area contributed by atoms with Crippen LogP contribution in [0.15, 0.2) is 48.5 Å². The molecule has 2 aromatic rings. The van der Waals surface area contributed by atoms with Gasteiger partial charge in [-0.25, -0.2) is 9.59 Å². The zero-order valence-corrected chi connectivity index (χ0v) is 19.6. The summed E-state index contributed by atoms with van der Waals surface area (Å²) in [4.78, 5) is 36.7. The van der Waals surface area contributed by atoms with Crippen molar-refractivity contribution in [1.29, 1.82) is 0 Å². The van der Waals surface area contributed by atoms with Gasteiger partial charge in [-0.2, -0.15) is 0 Å². The Morgan fingerprint density at radius 2 is 1.62 bits per heavy atom. The van der Waals surface area contributed by atoms with E-state index in [2.05, 4.69) is 34.9 Å². The number of fused-ring (bicyclic) bond motifs is 3. The summed E-state index contributed by atoms with van der Waals surface area (Å²) >= 11 is 0. The predicted octanol–water partition coefficient (Wildman–Crippen LogP) is 4.17. The van der Waals surface area contributed by atoms with Crippen LogP contribution in [0.25, 0.3) is 11.1 Å². The Morgan fingerprint density at radius 1 is 1.00 bits per heavy atom. The molecule has 1 saturated carbocycles. The van der Waals surface area contributed by atoms with Gasteiger partial charge in [0.1, 0.15) is 12.6 Å². The van der Waals surface area contributed by atoms with Crippen molar-refractivity contribution in [2.75, 3.05) is 13.2 Å². The van der Waals surface area contributed by atoms with E-state index in [9.17, 15) is 19.5 Å². The van der Waals surface area contributed by atoms with Crippen LogP contribution in [0.2, 0.25) is 0 Å². The summed E-state index contributed by atoms with van der Waals surface area (Å²) in [6.45, 7) is 4.10. The van der Waals surface area contributed by atoms with E-state index in [4.69, 9.17) is 4.74 Å². The van der Waals surface area contributed by atoms with Crippen molar-refractivity contribution in [3.05, 3.63) is 59.7 Å². The quantitative estimate of drug-likeness (QED) is 0.544. The maximum Gasteiger partial charge on any atom is 0.407 e. The number of carboxylic acids is 1. The summed E-state index contributed by atoms with van der Waals surface area (Å²) in [6, 6.07) is 15.4. The molecule has 0 aromatic heterocycles. The molecule has 0 saturated heterocycles. The zero-order valence-electron chi connectivity index (χ0n) is 19.6. The molecule has 2 aliphatic carbocycles. The molecular weight excluding hydrogens is 432 g/mol. The molecule has 0 aliphatic heterocycles. The summed E-state index contributed by atoms with van der Waals surface area (Å²) < 4.78 is 5.59. The molecule has 2 aliphatic rings. The Kier molecular flexibility index (Phi) is 7.20. The highest BCUT2D eigenvalue weighted by molar-refractivity contribution is 5.85. The van der Waals surface area contributed by atoms with Crippen LogP contribution in [-0.4, -0.2) is 42.3 Å². The van der Waals surface area contributed by atoms with Gasteiger partial charge in [0.25, 0.3) is 0 Å². The number of hydrogen-bond acceptors (Lipinski definition) is 4. The number of carboxylic acid groups (broad SMARTS) is 1. The van der Waals surface area contributed by atoms with E-state index in [-0.39, 0.29) is 36.2 Å². The highest BCUT2D eigenvalue weighted by Gasteiger charge is 2.36.